The standard InChI is InChI=1S/C19H23N3O/c1-13-3-5-15(6-4-13)16-9-17(11-21-10-16)19(23)22-18-12-20-8-7-14(18)2/h3-6,9-11,14,18,20H,7-8,12H2,1-2H3,(H,22,23). The summed E-state index contributed by atoms with van der Waals surface area (Å²) < 4.78 is 0. The van der Waals surface area contributed by atoms with Gasteiger partial charge in [-0.2, -0.15) is 0 Å². The van der Waals surface area contributed by atoms with Crippen molar-refractivity contribution < 1.29 is 4.79 Å². The summed E-state index contributed by atoms with van der Waals surface area (Å²) in [6.45, 7) is 6.11. The molecule has 1 saturated heterocycles. The second-order valence-corrected chi connectivity index (χ2v) is 6.38. The lowest BCUT2D eigenvalue weighted by Gasteiger charge is -2.30. The van der Waals surface area contributed by atoms with Crippen LogP contribution in [-0.2, 0) is 0 Å². The van der Waals surface area contributed by atoms with Gasteiger partial charge in [-0.3, -0.25) is 9.78 Å². The van der Waals surface area contributed by atoms with Crippen LogP contribution in [0.25, 0.3) is 11.1 Å². The second kappa shape index (κ2) is 6.92. The molecule has 3 rings (SSSR count). The van der Waals surface area contributed by atoms with Gasteiger partial charge >= 0.3 is 0 Å². The van der Waals surface area contributed by atoms with E-state index in [0.717, 1.165) is 30.6 Å². The summed E-state index contributed by atoms with van der Waals surface area (Å²) in [7, 11) is 0. The Bertz CT molecular complexity index is 681. The van der Waals surface area contributed by atoms with E-state index in [1.807, 2.05) is 6.07 Å². The molecule has 1 aromatic heterocycles. The van der Waals surface area contributed by atoms with E-state index >= 15 is 0 Å². The maximum absolute atomic E-state index is 12.5. The highest BCUT2D eigenvalue weighted by molar-refractivity contribution is 5.95. The zero-order valence-corrected chi connectivity index (χ0v) is 13.7. The highest BCUT2D eigenvalue weighted by atomic mass is 16.1. The Hall–Kier alpha value is -2.20. The zero-order chi connectivity index (χ0) is 16.2. The van der Waals surface area contributed by atoms with Gasteiger partial charge in [0.05, 0.1) is 5.56 Å². The van der Waals surface area contributed by atoms with Gasteiger partial charge in [0.1, 0.15) is 0 Å². The first-order valence-electron chi connectivity index (χ1n) is 8.17. The number of aromatic nitrogens is 1. The molecule has 0 aliphatic carbocycles. The van der Waals surface area contributed by atoms with Crippen molar-refractivity contribution in [1.29, 1.82) is 0 Å². The highest BCUT2D eigenvalue weighted by Gasteiger charge is 2.23. The van der Waals surface area contributed by atoms with Gasteiger partial charge in [-0.1, -0.05) is 36.8 Å². The largest absolute Gasteiger partial charge is 0.348 e. The molecule has 0 saturated carbocycles. The van der Waals surface area contributed by atoms with Crippen LogP contribution >= 0.6 is 0 Å². The molecule has 23 heavy (non-hydrogen) atoms. The van der Waals surface area contributed by atoms with Gasteiger partial charge in [0, 0.05) is 30.5 Å². The minimum Gasteiger partial charge on any atom is -0.348 e. The first-order valence-corrected chi connectivity index (χ1v) is 8.17. The highest BCUT2D eigenvalue weighted by Crippen LogP contribution is 2.20. The minimum absolute atomic E-state index is 0.0491. The normalized spacial score (nSPS) is 21.0. The molecule has 1 aliphatic rings. The average Bonchev–Trinajstić information content (AvgIpc) is 2.58. The van der Waals surface area contributed by atoms with Gasteiger partial charge in [-0.05, 0) is 37.4 Å². The van der Waals surface area contributed by atoms with Crippen LogP contribution in [0.1, 0.15) is 29.3 Å². The predicted molar refractivity (Wildman–Crippen MR) is 92.3 cm³/mol. The van der Waals surface area contributed by atoms with Gasteiger partial charge in [-0.15, -0.1) is 0 Å². The Morgan fingerprint density at radius 2 is 2.00 bits per heavy atom. The summed E-state index contributed by atoms with van der Waals surface area (Å²) >= 11 is 0. The molecule has 1 fully saturated rings. The maximum atomic E-state index is 12.5. The van der Waals surface area contributed by atoms with Crippen molar-refractivity contribution in [3.63, 3.8) is 0 Å². The Morgan fingerprint density at radius 3 is 2.74 bits per heavy atom. The van der Waals surface area contributed by atoms with E-state index in [4.69, 9.17) is 0 Å². The molecule has 2 heterocycles. The Labute approximate surface area is 137 Å². The fraction of sp³-hybridized carbons (Fsp3) is 0.368. The average molecular weight is 309 g/mol. The van der Waals surface area contributed by atoms with Crippen LogP contribution in [0.4, 0.5) is 0 Å². The van der Waals surface area contributed by atoms with Crippen molar-refractivity contribution in [3.05, 3.63) is 53.9 Å². The lowest BCUT2D eigenvalue weighted by Crippen LogP contribution is -2.50. The second-order valence-electron chi connectivity index (χ2n) is 6.38. The van der Waals surface area contributed by atoms with Crippen LogP contribution in [-0.4, -0.2) is 30.0 Å². The molecule has 2 N–H and O–H groups in total. The Balaban J connectivity index is 1.76. The molecule has 0 bridgehead atoms. The SMILES string of the molecule is Cc1ccc(-c2cncc(C(=O)NC3CNCCC3C)c2)cc1. The molecule has 4 nitrogen and oxygen atoms in total. The molecule has 1 aromatic carbocycles. The topological polar surface area (TPSA) is 54.0 Å². The summed E-state index contributed by atoms with van der Waals surface area (Å²) in [5, 5.41) is 6.47. The summed E-state index contributed by atoms with van der Waals surface area (Å²) in [4.78, 5) is 16.8. The van der Waals surface area contributed by atoms with Gasteiger partial charge < -0.3 is 10.6 Å². The third kappa shape index (κ3) is 3.77. The van der Waals surface area contributed by atoms with E-state index in [1.54, 1.807) is 12.4 Å². The van der Waals surface area contributed by atoms with E-state index in [9.17, 15) is 4.79 Å². The number of amides is 1. The molecule has 0 spiro atoms. The number of pyridine rings is 1. The molecular weight excluding hydrogens is 286 g/mol. The van der Waals surface area contributed by atoms with Crippen LogP contribution in [0.15, 0.2) is 42.7 Å². The van der Waals surface area contributed by atoms with Gasteiger partial charge in [0.25, 0.3) is 5.91 Å². The summed E-state index contributed by atoms with van der Waals surface area (Å²) in [5.41, 5.74) is 3.87. The van der Waals surface area contributed by atoms with E-state index in [0.29, 0.717) is 11.5 Å². The molecule has 2 atom stereocenters. The molecule has 120 valence electrons. The first-order chi connectivity index (χ1) is 11.1. The van der Waals surface area contributed by atoms with E-state index < -0.39 is 0 Å². The number of benzene rings is 1. The van der Waals surface area contributed by atoms with Crippen molar-refractivity contribution in [3.8, 4) is 11.1 Å². The number of hydrogen-bond donors (Lipinski definition) is 2. The molecular formula is C19H23N3O. The van der Waals surface area contributed by atoms with E-state index in [1.165, 1.54) is 5.56 Å². The van der Waals surface area contributed by atoms with Gasteiger partial charge in [0.15, 0.2) is 0 Å². The summed E-state index contributed by atoms with van der Waals surface area (Å²) in [6.07, 6.45) is 4.52. The number of piperidine rings is 1. The number of carbonyl (C=O) groups excluding carboxylic acids is 1. The number of carbonyl (C=O) groups is 1. The van der Waals surface area contributed by atoms with Crippen LogP contribution in [0.5, 0.6) is 0 Å². The minimum atomic E-state index is -0.0491. The monoisotopic (exact) mass is 309 g/mol. The molecule has 1 amide bonds. The third-order valence-corrected chi connectivity index (χ3v) is 4.53. The van der Waals surface area contributed by atoms with Crippen LogP contribution in [0.3, 0.4) is 0 Å². The summed E-state index contributed by atoms with van der Waals surface area (Å²) in [5.74, 6) is 0.445. The summed E-state index contributed by atoms with van der Waals surface area (Å²) in [6, 6.07) is 10.3. The van der Waals surface area contributed by atoms with Gasteiger partial charge in [-0.25, -0.2) is 0 Å². The number of rotatable bonds is 3. The van der Waals surface area contributed by atoms with Crippen LogP contribution < -0.4 is 10.6 Å². The van der Waals surface area contributed by atoms with Crippen molar-refractivity contribution in [2.45, 2.75) is 26.3 Å². The molecule has 1 aliphatic heterocycles. The van der Waals surface area contributed by atoms with Crippen LogP contribution in [0.2, 0.25) is 0 Å². The fourth-order valence-electron chi connectivity index (χ4n) is 2.90. The van der Waals surface area contributed by atoms with Crippen molar-refractivity contribution in [2.75, 3.05) is 13.1 Å². The third-order valence-electron chi connectivity index (χ3n) is 4.53. The number of nitrogens with one attached hydrogen (secondary N) is 2. The van der Waals surface area contributed by atoms with Crippen molar-refractivity contribution in [1.82, 2.24) is 15.6 Å². The van der Waals surface area contributed by atoms with Crippen molar-refractivity contribution in [2.24, 2.45) is 5.92 Å². The first kappa shape index (κ1) is 15.7. The Kier molecular flexibility index (Phi) is 4.72. The van der Waals surface area contributed by atoms with Crippen molar-refractivity contribution >= 4 is 5.91 Å². The van der Waals surface area contributed by atoms with E-state index in [-0.39, 0.29) is 11.9 Å². The molecule has 4 heteroatoms. The quantitative estimate of drug-likeness (QED) is 0.916. The number of hydrogen-bond acceptors (Lipinski definition) is 3. The lowest BCUT2D eigenvalue weighted by molar-refractivity contribution is 0.0915. The molecule has 2 unspecified atom stereocenters. The lowest BCUT2D eigenvalue weighted by atomic mass is 9.94. The fourth-order valence-corrected chi connectivity index (χ4v) is 2.90. The van der Waals surface area contributed by atoms with Crippen LogP contribution in [0, 0.1) is 12.8 Å². The number of nitrogens with zero attached hydrogens (tertiary/aromatic N) is 1. The molecule has 0 radical (unpaired) electrons. The smallest absolute Gasteiger partial charge is 0.253 e. The molecule has 2 aromatic rings. The van der Waals surface area contributed by atoms with Gasteiger partial charge in [0.2, 0.25) is 0 Å². The Morgan fingerprint density at radius 1 is 1.22 bits per heavy atom. The maximum Gasteiger partial charge on any atom is 0.253 e. The predicted octanol–water partition coefficient (Wildman–Crippen LogP) is 2.78. The number of aryl methyl sites for hydroxylation is 1. The van der Waals surface area contributed by atoms with E-state index in [2.05, 4.69) is 53.7 Å². The zero-order valence-electron chi connectivity index (χ0n) is 13.7.